The van der Waals surface area contributed by atoms with Crippen molar-refractivity contribution in [1.82, 2.24) is 20.0 Å². The Morgan fingerprint density at radius 3 is 2.70 bits per heavy atom. The van der Waals surface area contributed by atoms with E-state index in [4.69, 9.17) is 9.15 Å². The third kappa shape index (κ3) is 3.44. The number of carbonyl (C=O) groups excluding carboxylic acids is 2. The van der Waals surface area contributed by atoms with Crippen molar-refractivity contribution >= 4 is 11.8 Å². The zero-order valence-electron chi connectivity index (χ0n) is 15.2. The van der Waals surface area contributed by atoms with Crippen LogP contribution in [0.25, 0.3) is 11.5 Å². The summed E-state index contributed by atoms with van der Waals surface area (Å²) in [6.07, 6.45) is 1.52. The Balaban J connectivity index is 1.57. The summed E-state index contributed by atoms with van der Waals surface area (Å²) >= 11 is 0. The van der Waals surface area contributed by atoms with Crippen LogP contribution < -0.4 is 0 Å². The summed E-state index contributed by atoms with van der Waals surface area (Å²) in [5.74, 6) is 0.624. The van der Waals surface area contributed by atoms with E-state index < -0.39 is 12.1 Å². The van der Waals surface area contributed by atoms with E-state index in [1.54, 1.807) is 9.80 Å². The van der Waals surface area contributed by atoms with Crippen LogP contribution in [0.4, 0.5) is 0 Å². The van der Waals surface area contributed by atoms with Gasteiger partial charge in [-0.05, 0) is 25.0 Å². The lowest BCUT2D eigenvalue weighted by atomic mass is 10.1. The van der Waals surface area contributed by atoms with Crippen molar-refractivity contribution < 1.29 is 18.7 Å². The smallest absolute Gasteiger partial charge is 0.247 e. The average molecular weight is 370 g/mol. The molecule has 142 valence electrons. The fourth-order valence-corrected chi connectivity index (χ4v) is 3.73. The fraction of sp³-hybridized carbons (Fsp3) is 0.474. The maximum atomic E-state index is 13.2. The summed E-state index contributed by atoms with van der Waals surface area (Å²) < 4.78 is 11.4. The summed E-state index contributed by atoms with van der Waals surface area (Å²) in [5.41, 5.74) is 0.824. The van der Waals surface area contributed by atoms with Gasteiger partial charge in [0.2, 0.25) is 23.6 Å². The molecule has 2 amide bonds. The van der Waals surface area contributed by atoms with Crippen LogP contribution in [0.5, 0.6) is 0 Å². The molecule has 2 fully saturated rings. The molecule has 27 heavy (non-hydrogen) atoms. The molecule has 0 spiro atoms. The summed E-state index contributed by atoms with van der Waals surface area (Å²) in [4.78, 5) is 28.4. The molecule has 0 saturated carbocycles. The average Bonchev–Trinajstić information content (AvgIpc) is 3.38. The molecule has 2 aliphatic heterocycles. The summed E-state index contributed by atoms with van der Waals surface area (Å²) in [7, 11) is 0. The number of aromatic nitrogens is 2. The molecule has 0 radical (unpaired) electrons. The second-order valence-corrected chi connectivity index (χ2v) is 6.80. The van der Waals surface area contributed by atoms with Crippen LogP contribution in [-0.2, 0) is 14.3 Å². The first kappa shape index (κ1) is 17.7. The number of hydrogen-bond acceptors (Lipinski definition) is 6. The van der Waals surface area contributed by atoms with Gasteiger partial charge in [-0.1, -0.05) is 18.2 Å². The molecule has 0 aliphatic carbocycles. The van der Waals surface area contributed by atoms with E-state index in [9.17, 15) is 9.59 Å². The molecule has 1 aromatic carbocycles. The minimum atomic E-state index is -0.439. The maximum absolute atomic E-state index is 13.2. The molecule has 8 nitrogen and oxygen atoms in total. The van der Waals surface area contributed by atoms with E-state index in [1.807, 2.05) is 30.3 Å². The highest BCUT2D eigenvalue weighted by Crippen LogP contribution is 2.29. The zero-order chi connectivity index (χ0) is 18.8. The van der Waals surface area contributed by atoms with Crippen LogP contribution >= 0.6 is 0 Å². The van der Waals surface area contributed by atoms with Crippen molar-refractivity contribution in [3.05, 3.63) is 36.2 Å². The normalized spacial score (nSPS) is 22.9. The first-order valence-electron chi connectivity index (χ1n) is 9.19. The number of hydrogen-bond donors (Lipinski definition) is 0. The lowest BCUT2D eigenvalue weighted by Gasteiger charge is -2.36. The Morgan fingerprint density at radius 2 is 1.93 bits per heavy atom. The molecule has 4 rings (SSSR count). The predicted molar refractivity (Wildman–Crippen MR) is 95.4 cm³/mol. The Morgan fingerprint density at radius 1 is 1.11 bits per heavy atom. The van der Waals surface area contributed by atoms with Gasteiger partial charge in [-0.15, -0.1) is 10.2 Å². The highest BCUT2D eigenvalue weighted by molar-refractivity contribution is 5.87. The molecule has 1 aromatic heterocycles. The number of likely N-dealkylation sites (tertiary alicyclic amines) is 1. The number of ether oxygens (including phenoxy) is 1. The van der Waals surface area contributed by atoms with Crippen LogP contribution in [0.2, 0.25) is 0 Å². The van der Waals surface area contributed by atoms with E-state index in [0.717, 1.165) is 12.0 Å². The van der Waals surface area contributed by atoms with Gasteiger partial charge in [0.25, 0.3) is 0 Å². The first-order chi connectivity index (χ1) is 13.1. The van der Waals surface area contributed by atoms with E-state index in [0.29, 0.717) is 44.5 Å². The highest BCUT2D eigenvalue weighted by Gasteiger charge is 2.40. The van der Waals surface area contributed by atoms with Crippen molar-refractivity contribution in [3.8, 4) is 11.5 Å². The Labute approximate surface area is 157 Å². The molecular weight excluding hydrogens is 348 g/mol. The van der Waals surface area contributed by atoms with Crippen LogP contribution in [0.1, 0.15) is 31.7 Å². The van der Waals surface area contributed by atoms with Gasteiger partial charge in [0.15, 0.2) is 0 Å². The second kappa shape index (κ2) is 7.48. The highest BCUT2D eigenvalue weighted by atomic mass is 16.5. The van der Waals surface area contributed by atoms with Crippen molar-refractivity contribution in [3.63, 3.8) is 0 Å². The molecule has 2 aliphatic rings. The van der Waals surface area contributed by atoms with Crippen LogP contribution in [-0.4, -0.2) is 64.2 Å². The van der Waals surface area contributed by atoms with Crippen LogP contribution in [0.3, 0.4) is 0 Å². The van der Waals surface area contributed by atoms with Gasteiger partial charge in [-0.3, -0.25) is 9.59 Å². The SMILES string of the molecule is CC(=O)N1CCC[C@@H]1C(=O)N1CCOCC1c1nnc(-c2ccccc2)o1. The monoisotopic (exact) mass is 370 g/mol. The van der Waals surface area contributed by atoms with Gasteiger partial charge in [-0.2, -0.15) is 0 Å². The molecule has 8 heteroatoms. The Kier molecular flexibility index (Phi) is 4.89. The predicted octanol–water partition coefficient (Wildman–Crippen LogP) is 1.65. The number of benzene rings is 1. The number of rotatable bonds is 3. The maximum Gasteiger partial charge on any atom is 0.247 e. The Hall–Kier alpha value is -2.74. The van der Waals surface area contributed by atoms with E-state index in [-0.39, 0.29) is 11.8 Å². The van der Waals surface area contributed by atoms with Crippen LogP contribution in [0.15, 0.2) is 34.7 Å². The molecule has 2 atom stereocenters. The quantitative estimate of drug-likeness (QED) is 0.816. The van der Waals surface area contributed by atoms with Gasteiger partial charge in [-0.25, -0.2) is 0 Å². The number of nitrogens with zero attached hydrogens (tertiary/aromatic N) is 4. The van der Waals surface area contributed by atoms with Gasteiger partial charge in [0.05, 0.1) is 13.2 Å². The molecule has 2 aromatic rings. The van der Waals surface area contributed by atoms with E-state index in [1.165, 1.54) is 6.92 Å². The van der Waals surface area contributed by atoms with Gasteiger partial charge in [0.1, 0.15) is 12.1 Å². The second-order valence-electron chi connectivity index (χ2n) is 6.80. The van der Waals surface area contributed by atoms with Crippen molar-refractivity contribution in [2.45, 2.75) is 31.8 Å². The third-order valence-electron chi connectivity index (χ3n) is 5.10. The summed E-state index contributed by atoms with van der Waals surface area (Å²) in [5, 5.41) is 8.28. The molecule has 2 saturated heterocycles. The molecule has 0 N–H and O–H groups in total. The topological polar surface area (TPSA) is 88.8 Å². The zero-order valence-corrected chi connectivity index (χ0v) is 15.2. The van der Waals surface area contributed by atoms with Crippen molar-refractivity contribution in [2.24, 2.45) is 0 Å². The minimum Gasteiger partial charge on any atom is -0.418 e. The lowest BCUT2D eigenvalue weighted by Crippen LogP contribution is -2.52. The standard InChI is InChI=1S/C19H22N4O4/c1-13(24)22-9-5-8-15(22)19(25)23-10-11-26-12-16(23)18-21-20-17(27-18)14-6-3-2-4-7-14/h2-4,6-7,15-16H,5,8-12H2,1H3/t15-,16?/m1/s1. The molecule has 0 bridgehead atoms. The molecule has 1 unspecified atom stereocenters. The number of carbonyl (C=O) groups is 2. The third-order valence-corrected chi connectivity index (χ3v) is 5.10. The van der Waals surface area contributed by atoms with Crippen molar-refractivity contribution in [2.75, 3.05) is 26.3 Å². The largest absolute Gasteiger partial charge is 0.418 e. The summed E-state index contributed by atoms with van der Waals surface area (Å²) in [6, 6.07) is 8.63. The number of amides is 2. The lowest BCUT2D eigenvalue weighted by molar-refractivity contribution is -0.150. The number of morpholine rings is 1. The van der Waals surface area contributed by atoms with Gasteiger partial charge < -0.3 is 19.0 Å². The summed E-state index contributed by atoms with van der Waals surface area (Å²) in [6.45, 7) is 3.32. The van der Waals surface area contributed by atoms with Crippen molar-refractivity contribution in [1.29, 1.82) is 0 Å². The first-order valence-corrected chi connectivity index (χ1v) is 9.19. The van der Waals surface area contributed by atoms with E-state index in [2.05, 4.69) is 10.2 Å². The van der Waals surface area contributed by atoms with Gasteiger partial charge in [0, 0.05) is 25.6 Å². The molecule has 3 heterocycles. The fourth-order valence-electron chi connectivity index (χ4n) is 3.73. The van der Waals surface area contributed by atoms with E-state index >= 15 is 0 Å². The Bertz CT molecular complexity index is 822. The van der Waals surface area contributed by atoms with Crippen LogP contribution in [0, 0.1) is 0 Å². The minimum absolute atomic E-state index is 0.0696. The molecular formula is C19H22N4O4. The van der Waals surface area contributed by atoms with Gasteiger partial charge >= 0.3 is 0 Å².